The molecule has 3 aliphatic heterocycles. The highest BCUT2D eigenvalue weighted by atomic mass is 16.7. The summed E-state index contributed by atoms with van der Waals surface area (Å²) in [6.07, 6.45) is 0. The van der Waals surface area contributed by atoms with Gasteiger partial charge in [-0.15, -0.1) is 0 Å². The third-order valence-corrected chi connectivity index (χ3v) is 5.86. The van der Waals surface area contributed by atoms with E-state index in [0.29, 0.717) is 11.5 Å². The van der Waals surface area contributed by atoms with Gasteiger partial charge in [0.1, 0.15) is 6.04 Å². The number of carbonyl (C=O) groups is 2. The van der Waals surface area contributed by atoms with Crippen LogP contribution in [0.3, 0.4) is 0 Å². The number of nitrogens with zero attached hydrogens (tertiary/aromatic N) is 2. The number of piperazine rings is 1. The first-order valence-electron chi connectivity index (χ1n) is 9.19. The number of carbonyl (C=O) groups excluding carboxylic acids is 2. The minimum atomic E-state index is -0.618. The second kappa shape index (κ2) is 5.28. The van der Waals surface area contributed by atoms with Crippen LogP contribution in [0.4, 0.5) is 0 Å². The lowest BCUT2D eigenvalue weighted by Crippen LogP contribution is -2.52. The molecule has 28 heavy (non-hydrogen) atoms. The van der Waals surface area contributed by atoms with Crippen molar-refractivity contribution in [1.29, 1.82) is 0 Å². The number of rotatable bonds is 1. The first-order valence-corrected chi connectivity index (χ1v) is 9.19. The Hall–Kier alpha value is -3.48. The maximum atomic E-state index is 13.1. The lowest BCUT2D eigenvalue weighted by molar-refractivity contribution is -0.155. The highest BCUT2D eigenvalue weighted by Crippen LogP contribution is 2.51. The van der Waals surface area contributed by atoms with E-state index in [4.69, 9.17) is 9.47 Å². The zero-order valence-corrected chi connectivity index (χ0v) is 15.1. The normalized spacial score (nSPS) is 22.8. The van der Waals surface area contributed by atoms with Gasteiger partial charge in [0, 0.05) is 29.2 Å². The highest BCUT2D eigenvalue weighted by Gasteiger charge is 2.51. The lowest BCUT2D eigenvalue weighted by atomic mass is 10.0. The molecule has 2 amide bonds. The van der Waals surface area contributed by atoms with Crippen molar-refractivity contribution in [3.05, 3.63) is 59.3 Å². The van der Waals surface area contributed by atoms with Gasteiger partial charge in [0.15, 0.2) is 11.5 Å². The molecule has 7 heteroatoms. The van der Waals surface area contributed by atoms with Crippen LogP contribution in [0.15, 0.2) is 42.5 Å². The number of aromatic amines is 1. The Morgan fingerprint density at radius 2 is 1.86 bits per heavy atom. The number of hydrogen-bond donors (Lipinski definition) is 1. The number of para-hydroxylation sites is 1. The summed E-state index contributed by atoms with van der Waals surface area (Å²) in [5.41, 5.74) is 3.64. The van der Waals surface area contributed by atoms with Crippen molar-refractivity contribution in [2.45, 2.75) is 12.1 Å². The van der Waals surface area contributed by atoms with Gasteiger partial charge in [-0.1, -0.05) is 24.3 Å². The molecule has 4 heterocycles. The fourth-order valence-corrected chi connectivity index (χ4v) is 4.63. The second-order valence-electron chi connectivity index (χ2n) is 7.41. The summed E-state index contributed by atoms with van der Waals surface area (Å²) in [4.78, 5) is 32.8. The van der Waals surface area contributed by atoms with Gasteiger partial charge in [0.25, 0.3) is 0 Å². The van der Waals surface area contributed by atoms with Gasteiger partial charge in [-0.2, -0.15) is 0 Å². The Morgan fingerprint density at radius 1 is 1.04 bits per heavy atom. The van der Waals surface area contributed by atoms with E-state index in [2.05, 4.69) is 4.98 Å². The van der Waals surface area contributed by atoms with Crippen LogP contribution in [0.2, 0.25) is 0 Å². The minimum Gasteiger partial charge on any atom is -0.454 e. The van der Waals surface area contributed by atoms with Crippen LogP contribution in [0.1, 0.15) is 28.9 Å². The standard InChI is InChI=1S/C21H17N3O4/c1-23-9-16(25)24-19(11-6-7-14-15(8-11)28-10-27-14)18-17(20(24)21(23)26)12-4-2-3-5-13(12)22-18/h2-8,19-20,22H,9-10H2,1H3/t19-,20-/m1/s1. The van der Waals surface area contributed by atoms with Gasteiger partial charge in [-0.05, 0) is 23.8 Å². The van der Waals surface area contributed by atoms with Crippen LogP contribution in [-0.2, 0) is 9.59 Å². The van der Waals surface area contributed by atoms with Crippen molar-refractivity contribution < 1.29 is 19.1 Å². The molecule has 0 aliphatic carbocycles. The SMILES string of the molecule is CN1CC(=O)N2[C@H](c3ccc4c(c3)OCO4)c3[nH]c4ccccc4c3[C@@H]2C1=O. The summed E-state index contributed by atoms with van der Waals surface area (Å²) >= 11 is 0. The maximum absolute atomic E-state index is 13.1. The third-order valence-electron chi connectivity index (χ3n) is 5.86. The fourth-order valence-electron chi connectivity index (χ4n) is 4.63. The molecule has 1 fully saturated rings. The quantitative estimate of drug-likeness (QED) is 0.709. The third kappa shape index (κ3) is 1.88. The highest BCUT2D eigenvalue weighted by molar-refractivity contribution is 6.01. The average Bonchev–Trinajstić information content (AvgIpc) is 3.37. The van der Waals surface area contributed by atoms with Gasteiger partial charge in [0.2, 0.25) is 18.6 Å². The van der Waals surface area contributed by atoms with Gasteiger partial charge in [0.05, 0.1) is 12.6 Å². The van der Waals surface area contributed by atoms with E-state index in [9.17, 15) is 9.59 Å². The number of aromatic nitrogens is 1. The molecule has 0 radical (unpaired) electrons. The Kier molecular flexibility index (Phi) is 2.94. The fraction of sp³-hybridized carbons (Fsp3) is 0.238. The minimum absolute atomic E-state index is 0.0613. The number of ether oxygens (including phenoxy) is 2. The summed E-state index contributed by atoms with van der Waals surface area (Å²) in [6.45, 7) is 0.272. The van der Waals surface area contributed by atoms with Crippen molar-refractivity contribution in [1.82, 2.24) is 14.8 Å². The number of H-pyrrole nitrogens is 1. The Morgan fingerprint density at radius 3 is 2.75 bits per heavy atom. The van der Waals surface area contributed by atoms with Crippen molar-refractivity contribution in [3.63, 3.8) is 0 Å². The van der Waals surface area contributed by atoms with E-state index in [1.165, 1.54) is 4.90 Å². The van der Waals surface area contributed by atoms with Crippen molar-refractivity contribution in [2.24, 2.45) is 0 Å². The summed E-state index contributed by atoms with van der Waals surface area (Å²) in [7, 11) is 1.68. The Labute approximate surface area is 160 Å². The molecule has 3 aromatic rings. The largest absolute Gasteiger partial charge is 0.454 e. The first kappa shape index (κ1) is 15.6. The van der Waals surface area contributed by atoms with Crippen molar-refractivity contribution in [2.75, 3.05) is 20.4 Å². The monoisotopic (exact) mass is 375 g/mol. The van der Waals surface area contributed by atoms with Crippen LogP contribution in [0.25, 0.3) is 10.9 Å². The van der Waals surface area contributed by atoms with Gasteiger partial charge in [-0.25, -0.2) is 0 Å². The van der Waals surface area contributed by atoms with Crippen LogP contribution in [0.5, 0.6) is 11.5 Å². The molecule has 0 bridgehead atoms. The predicted molar refractivity (Wildman–Crippen MR) is 99.9 cm³/mol. The van der Waals surface area contributed by atoms with Crippen LogP contribution >= 0.6 is 0 Å². The van der Waals surface area contributed by atoms with E-state index < -0.39 is 6.04 Å². The summed E-state index contributed by atoms with van der Waals surface area (Å²) in [6, 6.07) is 12.6. The molecule has 1 aromatic heterocycles. The predicted octanol–water partition coefficient (Wildman–Crippen LogP) is 2.34. The molecule has 140 valence electrons. The molecular weight excluding hydrogens is 358 g/mol. The number of fused-ring (bicyclic) bond motifs is 6. The number of nitrogens with one attached hydrogen (secondary N) is 1. The zero-order chi connectivity index (χ0) is 19.0. The van der Waals surface area contributed by atoms with Crippen LogP contribution in [0, 0.1) is 0 Å². The van der Waals surface area contributed by atoms with Gasteiger partial charge < -0.3 is 24.3 Å². The Bertz CT molecular complexity index is 1170. The average molecular weight is 375 g/mol. The maximum Gasteiger partial charge on any atom is 0.250 e. The lowest BCUT2D eigenvalue weighted by Gasteiger charge is -2.38. The first-order chi connectivity index (χ1) is 13.6. The summed E-state index contributed by atoms with van der Waals surface area (Å²) in [5.74, 6) is 1.22. The van der Waals surface area contributed by atoms with E-state index >= 15 is 0 Å². The van der Waals surface area contributed by atoms with Crippen LogP contribution in [-0.4, -0.2) is 47.0 Å². The smallest absolute Gasteiger partial charge is 0.250 e. The molecule has 0 saturated carbocycles. The van der Waals surface area contributed by atoms with Crippen molar-refractivity contribution >= 4 is 22.7 Å². The van der Waals surface area contributed by atoms with Gasteiger partial charge in [-0.3, -0.25) is 9.59 Å². The van der Waals surface area contributed by atoms with E-state index in [1.54, 1.807) is 11.9 Å². The molecule has 3 aliphatic rings. The van der Waals surface area contributed by atoms with E-state index in [1.807, 2.05) is 42.5 Å². The topological polar surface area (TPSA) is 74.9 Å². The molecular formula is C21H17N3O4. The molecule has 0 spiro atoms. The molecule has 1 N–H and O–H groups in total. The van der Waals surface area contributed by atoms with Gasteiger partial charge >= 0.3 is 0 Å². The summed E-state index contributed by atoms with van der Waals surface area (Å²) in [5, 5.41) is 0.979. The molecule has 0 unspecified atom stereocenters. The number of hydrogen-bond acceptors (Lipinski definition) is 4. The molecule has 1 saturated heterocycles. The van der Waals surface area contributed by atoms with E-state index in [-0.39, 0.29) is 31.2 Å². The Balaban J connectivity index is 1.61. The molecule has 2 atom stereocenters. The number of likely N-dealkylation sites (N-methyl/N-ethyl adjacent to an activating group) is 1. The van der Waals surface area contributed by atoms with Crippen LogP contribution < -0.4 is 9.47 Å². The number of amides is 2. The van der Waals surface area contributed by atoms with E-state index in [0.717, 1.165) is 27.7 Å². The molecule has 6 rings (SSSR count). The molecule has 2 aromatic carbocycles. The number of benzene rings is 2. The second-order valence-corrected chi connectivity index (χ2v) is 7.41. The summed E-state index contributed by atoms with van der Waals surface area (Å²) < 4.78 is 11.0. The zero-order valence-electron chi connectivity index (χ0n) is 15.1. The van der Waals surface area contributed by atoms with Crippen molar-refractivity contribution in [3.8, 4) is 11.5 Å². The molecule has 7 nitrogen and oxygen atoms in total.